The fourth-order valence-corrected chi connectivity index (χ4v) is 2.49. The van der Waals surface area contributed by atoms with Crippen molar-refractivity contribution in [2.45, 2.75) is 11.4 Å². The monoisotopic (exact) mass is 281 g/mol. The van der Waals surface area contributed by atoms with Crippen LogP contribution in [0.15, 0.2) is 47.6 Å². The Kier molecular flexibility index (Phi) is 3.77. The van der Waals surface area contributed by atoms with Crippen LogP contribution in [-0.2, 0) is 16.6 Å². The molecule has 19 heavy (non-hydrogen) atoms. The molecule has 3 N–H and O–H groups in total. The normalized spacial score (nSPS) is 11.4. The van der Waals surface area contributed by atoms with Crippen molar-refractivity contribution in [1.82, 2.24) is 9.71 Å². The van der Waals surface area contributed by atoms with E-state index in [-0.39, 0.29) is 11.4 Å². The smallest absolute Gasteiger partial charge is 0.242 e. The highest BCUT2D eigenvalue weighted by Gasteiger charge is 2.14. The molecule has 0 aliphatic rings. The molecule has 0 atom stereocenters. The summed E-state index contributed by atoms with van der Waals surface area (Å²) in [5, 5.41) is 0. The number of hydrogen-bond donors (Lipinski definition) is 2. The average Bonchev–Trinajstić information content (AvgIpc) is 2.37. The summed E-state index contributed by atoms with van der Waals surface area (Å²) in [4.78, 5) is 3.29. The van der Waals surface area contributed by atoms with Gasteiger partial charge >= 0.3 is 0 Å². The minimum atomic E-state index is -3.79. The second kappa shape index (κ2) is 5.33. The van der Waals surface area contributed by atoms with E-state index in [1.165, 1.54) is 0 Å². The van der Waals surface area contributed by atoms with Crippen molar-refractivity contribution in [1.29, 1.82) is 0 Å². The third-order valence-electron chi connectivity index (χ3n) is 2.41. The van der Waals surface area contributed by atoms with Crippen LogP contribution in [0.2, 0.25) is 0 Å². The summed E-state index contributed by atoms with van der Waals surface area (Å²) in [5.74, 6) is -0.702. The van der Waals surface area contributed by atoms with Gasteiger partial charge in [0.15, 0.2) is 0 Å². The van der Waals surface area contributed by atoms with Crippen LogP contribution in [0.4, 0.5) is 10.1 Å². The van der Waals surface area contributed by atoms with Crippen LogP contribution >= 0.6 is 0 Å². The lowest BCUT2D eigenvalue weighted by Gasteiger charge is -2.07. The number of hydrogen-bond acceptors (Lipinski definition) is 4. The van der Waals surface area contributed by atoms with Gasteiger partial charge in [-0.25, -0.2) is 17.5 Å². The Hall–Kier alpha value is -1.99. The molecule has 0 aliphatic carbocycles. The molecule has 2 rings (SSSR count). The van der Waals surface area contributed by atoms with Gasteiger partial charge in [0.25, 0.3) is 0 Å². The molecule has 0 amide bonds. The Morgan fingerprint density at radius 3 is 2.74 bits per heavy atom. The molecule has 5 nitrogen and oxygen atoms in total. The van der Waals surface area contributed by atoms with Gasteiger partial charge in [0.2, 0.25) is 10.0 Å². The Balaban J connectivity index is 2.14. The average molecular weight is 281 g/mol. The Labute approximate surface area is 110 Å². The van der Waals surface area contributed by atoms with Crippen molar-refractivity contribution in [2.24, 2.45) is 0 Å². The number of nitrogens with two attached hydrogens (primary N) is 1. The van der Waals surface area contributed by atoms with Crippen LogP contribution < -0.4 is 10.5 Å². The van der Waals surface area contributed by atoms with Crippen LogP contribution in [0.1, 0.15) is 5.56 Å². The summed E-state index contributed by atoms with van der Waals surface area (Å²) < 4.78 is 39.1. The van der Waals surface area contributed by atoms with E-state index in [4.69, 9.17) is 5.73 Å². The lowest BCUT2D eigenvalue weighted by atomic mass is 10.2. The summed E-state index contributed by atoms with van der Waals surface area (Å²) in [5.41, 5.74) is 6.85. The van der Waals surface area contributed by atoms with Crippen LogP contribution in [0, 0.1) is 5.82 Å². The molecule has 100 valence electrons. The minimum Gasteiger partial charge on any atom is -0.399 e. The largest absolute Gasteiger partial charge is 0.399 e. The molecule has 1 heterocycles. The fraction of sp³-hybridized carbons (Fsp3) is 0.0833. The topological polar surface area (TPSA) is 85.1 Å². The second-order valence-electron chi connectivity index (χ2n) is 3.91. The molecule has 0 bridgehead atoms. The van der Waals surface area contributed by atoms with Gasteiger partial charge in [0.1, 0.15) is 10.7 Å². The summed E-state index contributed by atoms with van der Waals surface area (Å²) >= 11 is 0. The summed E-state index contributed by atoms with van der Waals surface area (Å²) in [6, 6.07) is 7.74. The first-order valence-corrected chi connectivity index (χ1v) is 6.90. The standard InChI is InChI=1S/C12H12FN3O2S/c13-10-5-12(8-15-7-10)19(17,18)16-6-9-2-1-3-11(14)4-9/h1-5,7-8,16H,6,14H2. The van der Waals surface area contributed by atoms with Gasteiger partial charge in [-0.1, -0.05) is 12.1 Å². The molecule has 0 saturated carbocycles. The van der Waals surface area contributed by atoms with Crippen LogP contribution in [0.25, 0.3) is 0 Å². The third-order valence-corrected chi connectivity index (χ3v) is 3.78. The number of nitrogen functional groups attached to an aromatic ring is 1. The van der Waals surface area contributed by atoms with E-state index in [1.54, 1.807) is 24.3 Å². The van der Waals surface area contributed by atoms with Crippen LogP contribution in [0.5, 0.6) is 0 Å². The number of aromatic nitrogens is 1. The van der Waals surface area contributed by atoms with Crippen molar-refractivity contribution in [3.63, 3.8) is 0 Å². The first kappa shape index (κ1) is 13.4. The molecule has 7 heteroatoms. The zero-order valence-electron chi connectivity index (χ0n) is 9.88. The highest BCUT2D eigenvalue weighted by molar-refractivity contribution is 7.89. The fourth-order valence-electron chi connectivity index (χ4n) is 1.50. The molecule has 0 aliphatic heterocycles. The predicted octanol–water partition coefficient (Wildman–Crippen LogP) is 1.28. The number of nitrogens with zero attached hydrogens (tertiary/aromatic N) is 1. The van der Waals surface area contributed by atoms with Gasteiger partial charge < -0.3 is 5.73 Å². The van der Waals surface area contributed by atoms with Crippen molar-refractivity contribution >= 4 is 15.7 Å². The van der Waals surface area contributed by atoms with Crippen molar-refractivity contribution < 1.29 is 12.8 Å². The molecule has 2 aromatic rings. The molecule has 0 spiro atoms. The van der Waals surface area contributed by atoms with E-state index in [9.17, 15) is 12.8 Å². The minimum absolute atomic E-state index is 0.0733. The van der Waals surface area contributed by atoms with Gasteiger partial charge in [0.05, 0.1) is 6.20 Å². The molecule has 0 saturated heterocycles. The molecule has 1 aromatic heterocycles. The maximum atomic E-state index is 12.9. The van der Waals surface area contributed by atoms with Crippen molar-refractivity contribution in [2.75, 3.05) is 5.73 Å². The van der Waals surface area contributed by atoms with E-state index < -0.39 is 15.8 Å². The first-order valence-electron chi connectivity index (χ1n) is 5.42. The summed E-state index contributed by atoms with van der Waals surface area (Å²) in [6.07, 6.45) is 2.03. The Morgan fingerprint density at radius 2 is 2.05 bits per heavy atom. The Morgan fingerprint density at radius 1 is 1.26 bits per heavy atom. The summed E-state index contributed by atoms with van der Waals surface area (Å²) in [7, 11) is -3.79. The molecule has 0 fully saturated rings. The van der Waals surface area contributed by atoms with Gasteiger partial charge in [-0.3, -0.25) is 4.98 Å². The van der Waals surface area contributed by atoms with E-state index in [0.29, 0.717) is 11.3 Å². The first-order chi connectivity index (χ1) is 8.97. The molecule has 1 aromatic carbocycles. The highest BCUT2D eigenvalue weighted by atomic mass is 32.2. The number of halogens is 1. The number of pyridine rings is 1. The van der Waals surface area contributed by atoms with Crippen LogP contribution in [0.3, 0.4) is 0 Å². The SMILES string of the molecule is Nc1cccc(CNS(=O)(=O)c2cncc(F)c2)c1. The molecule has 0 radical (unpaired) electrons. The van der Waals surface area contributed by atoms with Gasteiger partial charge in [0, 0.05) is 18.4 Å². The van der Waals surface area contributed by atoms with Gasteiger partial charge in [-0.15, -0.1) is 0 Å². The number of sulfonamides is 1. The summed E-state index contributed by atoms with van der Waals surface area (Å²) in [6.45, 7) is 0.0733. The number of nitrogens with one attached hydrogen (secondary N) is 1. The van der Waals surface area contributed by atoms with Crippen LogP contribution in [-0.4, -0.2) is 13.4 Å². The van der Waals surface area contributed by atoms with Crippen molar-refractivity contribution in [3.8, 4) is 0 Å². The quantitative estimate of drug-likeness (QED) is 0.827. The lowest BCUT2D eigenvalue weighted by molar-refractivity contribution is 0.575. The van der Waals surface area contributed by atoms with Gasteiger partial charge in [-0.2, -0.15) is 0 Å². The predicted molar refractivity (Wildman–Crippen MR) is 69.1 cm³/mol. The molecular weight excluding hydrogens is 269 g/mol. The highest BCUT2D eigenvalue weighted by Crippen LogP contribution is 2.11. The van der Waals surface area contributed by atoms with Crippen molar-refractivity contribution in [3.05, 3.63) is 54.1 Å². The third kappa shape index (κ3) is 3.49. The maximum Gasteiger partial charge on any atom is 0.242 e. The zero-order chi connectivity index (χ0) is 13.9. The number of anilines is 1. The molecule has 0 unspecified atom stereocenters. The van der Waals surface area contributed by atoms with E-state index in [2.05, 4.69) is 9.71 Å². The van der Waals surface area contributed by atoms with E-state index in [1.807, 2.05) is 0 Å². The maximum absolute atomic E-state index is 12.9. The lowest BCUT2D eigenvalue weighted by Crippen LogP contribution is -2.23. The van der Waals surface area contributed by atoms with Gasteiger partial charge in [-0.05, 0) is 23.8 Å². The second-order valence-corrected chi connectivity index (χ2v) is 5.68. The number of rotatable bonds is 4. The number of benzene rings is 1. The zero-order valence-corrected chi connectivity index (χ0v) is 10.7. The Bertz CT molecular complexity index is 689. The van der Waals surface area contributed by atoms with E-state index in [0.717, 1.165) is 18.5 Å². The van der Waals surface area contributed by atoms with E-state index >= 15 is 0 Å². The molecular formula is C12H12FN3O2S.